The van der Waals surface area contributed by atoms with E-state index in [2.05, 4.69) is 15.1 Å². The van der Waals surface area contributed by atoms with Crippen LogP contribution in [-0.4, -0.2) is 27.7 Å². The Kier molecular flexibility index (Phi) is 4.04. The molecule has 20 heavy (non-hydrogen) atoms. The second kappa shape index (κ2) is 5.58. The molecule has 0 aliphatic rings. The van der Waals surface area contributed by atoms with Gasteiger partial charge in [-0.2, -0.15) is 4.98 Å². The van der Waals surface area contributed by atoms with Crippen LogP contribution in [0.3, 0.4) is 0 Å². The maximum atomic E-state index is 11.9. The molecule has 0 unspecified atom stereocenters. The first-order chi connectivity index (χ1) is 9.45. The minimum absolute atomic E-state index is 0.183. The number of pyridine rings is 1. The standard InChI is InChI=1S/C13H14ClN3O3/c1-4-19-12(18)13(2,3)11-16-10(17-20-11)9-6-5-8(14)7-15-9/h5-7H,4H2,1-3H3. The lowest BCUT2D eigenvalue weighted by Crippen LogP contribution is -2.31. The third kappa shape index (κ3) is 2.80. The van der Waals surface area contributed by atoms with Gasteiger partial charge in [0.2, 0.25) is 11.7 Å². The lowest BCUT2D eigenvalue weighted by molar-refractivity contribution is -0.149. The van der Waals surface area contributed by atoms with Crippen LogP contribution in [0.5, 0.6) is 0 Å². The Labute approximate surface area is 121 Å². The monoisotopic (exact) mass is 295 g/mol. The summed E-state index contributed by atoms with van der Waals surface area (Å²) in [5, 5.41) is 4.34. The van der Waals surface area contributed by atoms with E-state index in [4.69, 9.17) is 20.9 Å². The Hall–Kier alpha value is -1.95. The SMILES string of the molecule is CCOC(=O)C(C)(C)c1nc(-c2ccc(Cl)cn2)no1. The average Bonchev–Trinajstić information content (AvgIpc) is 2.90. The Bertz CT molecular complexity index is 608. The molecule has 0 bridgehead atoms. The number of halogens is 1. The van der Waals surface area contributed by atoms with Gasteiger partial charge in [0.1, 0.15) is 11.1 Å². The largest absolute Gasteiger partial charge is 0.465 e. The van der Waals surface area contributed by atoms with Gasteiger partial charge < -0.3 is 9.26 Å². The topological polar surface area (TPSA) is 78.1 Å². The van der Waals surface area contributed by atoms with Crippen molar-refractivity contribution in [1.82, 2.24) is 15.1 Å². The van der Waals surface area contributed by atoms with Crippen LogP contribution < -0.4 is 0 Å². The van der Waals surface area contributed by atoms with Crippen molar-refractivity contribution in [3.05, 3.63) is 29.2 Å². The number of ether oxygens (including phenoxy) is 1. The van der Waals surface area contributed by atoms with Crippen LogP contribution in [0.1, 0.15) is 26.7 Å². The summed E-state index contributed by atoms with van der Waals surface area (Å²) in [5.74, 6) is 0.0657. The predicted molar refractivity (Wildman–Crippen MR) is 72.2 cm³/mol. The molecule has 0 saturated carbocycles. The van der Waals surface area contributed by atoms with Gasteiger partial charge >= 0.3 is 5.97 Å². The van der Waals surface area contributed by atoms with Crippen molar-refractivity contribution in [2.45, 2.75) is 26.2 Å². The quantitative estimate of drug-likeness (QED) is 0.807. The third-order valence-electron chi connectivity index (χ3n) is 2.70. The van der Waals surface area contributed by atoms with Crippen molar-refractivity contribution < 1.29 is 14.1 Å². The number of aromatic nitrogens is 3. The van der Waals surface area contributed by atoms with Crippen molar-refractivity contribution in [2.75, 3.05) is 6.61 Å². The number of nitrogens with zero attached hydrogens (tertiary/aromatic N) is 3. The minimum atomic E-state index is -1.01. The Balaban J connectivity index is 2.28. The first kappa shape index (κ1) is 14.5. The molecule has 2 aromatic heterocycles. The fourth-order valence-electron chi connectivity index (χ4n) is 1.49. The number of hydrogen-bond donors (Lipinski definition) is 0. The van der Waals surface area contributed by atoms with Crippen molar-refractivity contribution in [1.29, 1.82) is 0 Å². The predicted octanol–water partition coefficient (Wildman–Crippen LogP) is 2.63. The maximum Gasteiger partial charge on any atom is 0.321 e. The van der Waals surface area contributed by atoms with Gasteiger partial charge in [-0.25, -0.2) is 0 Å². The highest BCUT2D eigenvalue weighted by molar-refractivity contribution is 6.30. The van der Waals surface area contributed by atoms with Crippen LogP contribution in [0.2, 0.25) is 5.02 Å². The van der Waals surface area contributed by atoms with E-state index in [9.17, 15) is 4.79 Å². The van der Waals surface area contributed by atoms with E-state index >= 15 is 0 Å². The summed E-state index contributed by atoms with van der Waals surface area (Å²) in [6.07, 6.45) is 1.49. The van der Waals surface area contributed by atoms with Gasteiger partial charge in [0.05, 0.1) is 11.6 Å². The smallest absolute Gasteiger partial charge is 0.321 e. The lowest BCUT2D eigenvalue weighted by Gasteiger charge is -2.16. The van der Waals surface area contributed by atoms with E-state index in [1.165, 1.54) is 6.20 Å². The summed E-state index contributed by atoms with van der Waals surface area (Å²) >= 11 is 5.77. The van der Waals surface area contributed by atoms with E-state index in [0.717, 1.165) is 0 Å². The van der Waals surface area contributed by atoms with Crippen LogP contribution >= 0.6 is 11.6 Å². The van der Waals surface area contributed by atoms with Crippen LogP contribution in [-0.2, 0) is 14.9 Å². The normalized spacial score (nSPS) is 11.4. The van der Waals surface area contributed by atoms with Gasteiger partial charge in [0.25, 0.3) is 0 Å². The van der Waals surface area contributed by atoms with Gasteiger partial charge in [-0.1, -0.05) is 16.8 Å². The van der Waals surface area contributed by atoms with Crippen molar-refractivity contribution in [2.24, 2.45) is 0 Å². The third-order valence-corrected chi connectivity index (χ3v) is 2.93. The summed E-state index contributed by atoms with van der Waals surface area (Å²) in [5.41, 5.74) is -0.489. The molecule has 0 amide bonds. The van der Waals surface area contributed by atoms with Gasteiger partial charge in [0.15, 0.2) is 0 Å². The summed E-state index contributed by atoms with van der Waals surface area (Å²) in [7, 11) is 0. The Morgan fingerprint density at radius 2 is 2.20 bits per heavy atom. The summed E-state index contributed by atoms with van der Waals surface area (Å²) in [4.78, 5) is 20.2. The molecule has 0 aromatic carbocycles. The molecule has 2 rings (SSSR count). The van der Waals surface area contributed by atoms with Crippen molar-refractivity contribution >= 4 is 17.6 Å². The summed E-state index contributed by atoms with van der Waals surface area (Å²) < 4.78 is 10.1. The molecule has 0 radical (unpaired) electrons. The Morgan fingerprint density at radius 3 is 2.80 bits per heavy atom. The number of rotatable bonds is 4. The molecule has 6 nitrogen and oxygen atoms in total. The zero-order valence-corrected chi connectivity index (χ0v) is 12.1. The maximum absolute atomic E-state index is 11.9. The molecule has 0 saturated heterocycles. The second-order valence-electron chi connectivity index (χ2n) is 4.63. The minimum Gasteiger partial charge on any atom is -0.465 e. The van der Waals surface area contributed by atoms with Gasteiger partial charge in [-0.3, -0.25) is 9.78 Å². The number of esters is 1. The first-order valence-corrected chi connectivity index (χ1v) is 6.46. The molecule has 7 heteroatoms. The molecule has 106 valence electrons. The van der Waals surface area contributed by atoms with E-state index in [-0.39, 0.29) is 5.89 Å². The summed E-state index contributed by atoms with van der Waals surface area (Å²) in [6, 6.07) is 3.35. The van der Waals surface area contributed by atoms with Crippen LogP contribution in [0, 0.1) is 0 Å². The van der Waals surface area contributed by atoms with E-state index in [0.29, 0.717) is 23.1 Å². The van der Waals surface area contributed by atoms with E-state index in [1.807, 2.05) is 0 Å². The van der Waals surface area contributed by atoms with Gasteiger partial charge in [-0.15, -0.1) is 0 Å². The van der Waals surface area contributed by atoms with E-state index in [1.54, 1.807) is 32.9 Å². The molecule has 0 aliphatic heterocycles. The van der Waals surface area contributed by atoms with Crippen molar-refractivity contribution in [3.63, 3.8) is 0 Å². The van der Waals surface area contributed by atoms with Crippen LogP contribution in [0.15, 0.2) is 22.9 Å². The first-order valence-electron chi connectivity index (χ1n) is 6.08. The summed E-state index contributed by atoms with van der Waals surface area (Å²) in [6.45, 7) is 5.36. The highest BCUT2D eigenvalue weighted by atomic mass is 35.5. The fourth-order valence-corrected chi connectivity index (χ4v) is 1.60. The fraction of sp³-hybridized carbons (Fsp3) is 0.385. The number of carbonyl (C=O) groups is 1. The molecular formula is C13H14ClN3O3. The van der Waals surface area contributed by atoms with Crippen LogP contribution in [0.4, 0.5) is 0 Å². The van der Waals surface area contributed by atoms with Gasteiger partial charge in [0, 0.05) is 6.20 Å². The number of hydrogen-bond acceptors (Lipinski definition) is 6. The highest BCUT2D eigenvalue weighted by Gasteiger charge is 2.37. The molecule has 0 spiro atoms. The lowest BCUT2D eigenvalue weighted by atomic mass is 9.94. The zero-order chi connectivity index (χ0) is 14.8. The van der Waals surface area contributed by atoms with E-state index < -0.39 is 11.4 Å². The molecule has 0 atom stereocenters. The van der Waals surface area contributed by atoms with Crippen LogP contribution in [0.25, 0.3) is 11.5 Å². The van der Waals surface area contributed by atoms with Gasteiger partial charge in [-0.05, 0) is 32.9 Å². The number of carbonyl (C=O) groups excluding carboxylic acids is 1. The molecule has 0 N–H and O–H groups in total. The highest BCUT2D eigenvalue weighted by Crippen LogP contribution is 2.25. The molecule has 0 aliphatic carbocycles. The average molecular weight is 296 g/mol. The molecular weight excluding hydrogens is 282 g/mol. The molecule has 2 heterocycles. The Morgan fingerprint density at radius 1 is 1.45 bits per heavy atom. The van der Waals surface area contributed by atoms with Crippen molar-refractivity contribution in [3.8, 4) is 11.5 Å². The second-order valence-corrected chi connectivity index (χ2v) is 5.07. The molecule has 2 aromatic rings. The molecule has 0 fully saturated rings. The zero-order valence-electron chi connectivity index (χ0n) is 11.4.